The van der Waals surface area contributed by atoms with Crippen molar-refractivity contribution < 1.29 is 18.7 Å². The maximum Gasteiger partial charge on any atom is 0.217 e. The molecule has 13 heavy (non-hydrogen) atoms. The number of hydrogen-bond acceptors (Lipinski definition) is 4. The summed E-state index contributed by atoms with van der Waals surface area (Å²) in [6.45, 7) is 0. The summed E-state index contributed by atoms with van der Waals surface area (Å²) in [6, 6.07) is 1.74. The van der Waals surface area contributed by atoms with Gasteiger partial charge in [0.05, 0.1) is 12.5 Å². The summed E-state index contributed by atoms with van der Waals surface area (Å²) in [7, 11) is 2.86. The summed E-state index contributed by atoms with van der Waals surface area (Å²) in [5.74, 6) is -0.119. The zero-order valence-corrected chi connectivity index (χ0v) is 7.65. The van der Waals surface area contributed by atoms with Crippen LogP contribution in [-0.4, -0.2) is 26.3 Å². The molecular weight excluding hydrogens is 172 g/mol. The highest BCUT2D eigenvalue weighted by Gasteiger charge is 2.16. The van der Waals surface area contributed by atoms with Crippen molar-refractivity contribution >= 4 is 5.78 Å². The smallest absolute Gasteiger partial charge is 0.217 e. The molecule has 0 radical (unpaired) electrons. The van der Waals surface area contributed by atoms with Crippen LogP contribution in [0.25, 0.3) is 0 Å². The van der Waals surface area contributed by atoms with Gasteiger partial charge in [0, 0.05) is 20.6 Å². The Morgan fingerprint density at radius 1 is 1.54 bits per heavy atom. The molecule has 4 heteroatoms. The third-order valence-corrected chi connectivity index (χ3v) is 1.65. The molecule has 0 bridgehead atoms. The van der Waals surface area contributed by atoms with E-state index in [0.717, 1.165) is 5.56 Å². The highest BCUT2D eigenvalue weighted by molar-refractivity contribution is 5.83. The third kappa shape index (κ3) is 2.68. The van der Waals surface area contributed by atoms with Crippen LogP contribution in [0.2, 0.25) is 0 Å². The fourth-order valence-corrected chi connectivity index (χ4v) is 1.04. The molecule has 0 N–H and O–H groups in total. The molecule has 0 saturated carbocycles. The van der Waals surface area contributed by atoms with Crippen molar-refractivity contribution in [3.05, 3.63) is 24.2 Å². The minimum absolute atomic E-state index is 0.119. The normalized spacial score (nSPS) is 10.7. The second-order valence-electron chi connectivity index (χ2n) is 2.58. The first-order valence-electron chi connectivity index (χ1n) is 3.87. The molecule has 0 atom stereocenters. The predicted molar refractivity (Wildman–Crippen MR) is 45.2 cm³/mol. The molecule has 0 unspecified atom stereocenters. The zero-order chi connectivity index (χ0) is 9.68. The highest BCUT2D eigenvalue weighted by Crippen LogP contribution is 2.04. The Kier molecular flexibility index (Phi) is 3.67. The predicted octanol–water partition coefficient (Wildman–Crippen LogP) is 1.01. The fourth-order valence-electron chi connectivity index (χ4n) is 1.04. The van der Waals surface area contributed by atoms with E-state index in [1.165, 1.54) is 26.7 Å². The lowest BCUT2D eigenvalue weighted by atomic mass is 10.2. The van der Waals surface area contributed by atoms with E-state index in [4.69, 9.17) is 13.9 Å². The van der Waals surface area contributed by atoms with Crippen molar-refractivity contribution in [3.8, 4) is 0 Å². The first kappa shape index (κ1) is 9.95. The number of carbonyl (C=O) groups excluding carboxylic acids is 1. The molecule has 0 spiro atoms. The summed E-state index contributed by atoms with van der Waals surface area (Å²) < 4.78 is 14.4. The first-order chi connectivity index (χ1) is 6.27. The Hall–Kier alpha value is -1.13. The van der Waals surface area contributed by atoms with Gasteiger partial charge in [0.1, 0.15) is 0 Å². The molecule has 1 aromatic heterocycles. The van der Waals surface area contributed by atoms with E-state index in [1.54, 1.807) is 6.07 Å². The van der Waals surface area contributed by atoms with Gasteiger partial charge in [-0.2, -0.15) is 0 Å². The number of methoxy groups -OCH3 is 2. The van der Waals surface area contributed by atoms with E-state index in [0.29, 0.717) is 0 Å². The van der Waals surface area contributed by atoms with Gasteiger partial charge < -0.3 is 13.9 Å². The van der Waals surface area contributed by atoms with Gasteiger partial charge in [-0.25, -0.2) is 0 Å². The van der Waals surface area contributed by atoms with Crippen LogP contribution in [0.5, 0.6) is 0 Å². The Balaban J connectivity index is 2.49. The largest absolute Gasteiger partial charge is 0.472 e. The van der Waals surface area contributed by atoms with Crippen LogP contribution < -0.4 is 0 Å². The molecule has 1 heterocycles. The maximum atomic E-state index is 11.4. The standard InChI is InChI=1S/C9H12O4/c1-11-9(12-2)8(10)5-7-3-4-13-6-7/h3-4,6,9H,5H2,1-2H3. The van der Waals surface area contributed by atoms with Crippen molar-refractivity contribution in [2.75, 3.05) is 14.2 Å². The number of ketones is 1. The molecule has 72 valence electrons. The molecule has 4 nitrogen and oxygen atoms in total. The molecular formula is C9H12O4. The number of ether oxygens (including phenoxy) is 2. The van der Waals surface area contributed by atoms with Crippen LogP contribution in [0.3, 0.4) is 0 Å². The second-order valence-corrected chi connectivity index (χ2v) is 2.58. The number of hydrogen-bond donors (Lipinski definition) is 0. The highest BCUT2D eigenvalue weighted by atomic mass is 16.7. The summed E-state index contributed by atoms with van der Waals surface area (Å²) in [6.07, 6.45) is 2.54. The summed E-state index contributed by atoms with van der Waals surface area (Å²) in [4.78, 5) is 11.4. The van der Waals surface area contributed by atoms with E-state index < -0.39 is 6.29 Å². The lowest BCUT2D eigenvalue weighted by Gasteiger charge is -2.10. The molecule has 1 aromatic rings. The Morgan fingerprint density at radius 3 is 2.69 bits per heavy atom. The summed E-state index contributed by atoms with van der Waals surface area (Å²) in [5.41, 5.74) is 0.823. The Labute approximate surface area is 76.4 Å². The average molecular weight is 184 g/mol. The van der Waals surface area contributed by atoms with E-state index in [2.05, 4.69) is 0 Å². The lowest BCUT2D eigenvalue weighted by Crippen LogP contribution is -2.26. The van der Waals surface area contributed by atoms with Crippen molar-refractivity contribution in [3.63, 3.8) is 0 Å². The topological polar surface area (TPSA) is 48.7 Å². The Bertz CT molecular complexity index is 249. The zero-order valence-electron chi connectivity index (χ0n) is 7.65. The van der Waals surface area contributed by atoms with Gasteiger partial charge in [-0.15, -0.1) is 0 Å². The molecule has 0 aliphatic carbocycles. The molecule has 0 aliphatic heterocycles. The number of carbonyl (C=O) groups is 1. The van der Waals surface area contributed by atoms with Crippen LogP contribution >= 0.6 is 0 Å². The minimum atomic E-state index is -0.783. The van der Waals surface area contributed by atoms with Crippen LogP contribution in [-0.2, 0) is 20.7 Å². The van der Waals surface area contributed by atoms with Gasteiger partial charge in [-0.1, -0.05) is 0 Å². The monoisotopic (exact) mass is 184 g/mol. The van der Waals surface area contributed by atoms with E-state index in [9.17, 15) is 4.79 Å². The van der Waals surface area contributed by atoms with Crippen LogP contribution in [0.1, 0.15) is 5.56 Å². The molecule has 0 saturated heterocycles. The summed E-state index contributed by atoms with van der Waals surface area (Å²) >= 11 is 0. The molecule has 0 aliphatic rings. The van der Waals surface area contributed by atoms with Gasteiger partial charge in [-0.3, -0.25) is 4.79 Å². The lowest BCUT2D eigenvalue weighted by molar-refractivity contribution is -0.155. The van der Waals surface area contributed by atoms with Crippen LogP contribution in [0.4, 0.5) is 0 Å². The summed E-state index contributed by atoms with van der Waals surface area (Å²) in [5, 5.41) is 0. The number of Topliss-reactive ketones (excluding diaryl/α,β-unsaturated/α-hetero) is 1. The molecule has 0 fully saturated rings. The van der Waals surface area contributed by atoms with Crippen molar-refractivity contribution in [1.82, 2.24) is 0 Å². The number of furan rings is 1. The average Bonchev–Trinajstić information content (AvgIpc) is 2.59. The van der Waals surface area contributed by atoms with Crippen LogP contribution in [0, 0.1) is 0 Å². The first-order valence-corrected chi connectivity index (χ1v) is 3.87. The van der Waals surface area contributed by atoms with E-state index in [-0.39, 0.29) is 12.2 Å². The van der Waals surface area contributed by atoms with Crippen molar-refractivity contribution in [2.24, 2.45) is 0 Å². The van der Waals surface area contributed by atoms with Gasteiger partial charge in [0.15, 0.2) is 5.78 Å². The van der Waals surface area contributed by atoms with E-state index in [1.807, 2.05) is 0 Å². The molecule has 0 aromatic carbocycles. The number of rotatable bonds is 5. The molecule has 1 rings (SSSR count). The SMILES string of the molecule is COC(OC)C(=O)Cc1ccoc1. The van der Waals surface area contributed by atoms with Gasteiger partial charge >= 0.3 is 0 Å². The maximum absolute atomic E-state index is 11.4. The fraction of sp³-hybridized carbons (Fsp3) is 0.444. The quantitative estimate of drug-likeness (QED) is 0.641. The minimum Gasteiger partial charge on any atom is -0.472 e. The van der Waals surface area contributed by atoms with Crippen molar-refractivity contribution in [1.29, 1.82) is 0 Å². The molecule has 0 amide bonds. The second kappa shape index (κ2) is 4.79. The van der Waals surface area contributed by atoms with E-state index >= 15 is 0 Å². The van der Waals surface area contributed by atoms with Gasteiger partial charge in [0.25, 0.3) is 0 Å². The van der Waals surface area contributed by atoms with Crippen molar-refractivity contribution in [2.45, 2.75) is 12.7 Å². The Morgan fingerprint density at radius 2 is 2.23 bits per heavy atom. The van der Waals surface area contributed by atoms with Gasteiger partial charge in [-0.05, 0) is 11.6 Å². The third-order valence-electron chi connectivity index (χ3n) is 1.65. The van der Waals surface area contributed by atoms with Gasteiger partial charge in [0.2, 0.25) is 6.29 Å². The van der Waals surface area contributed by atoms with Crippen LogP contribution in [0.15, 0.2) is 23.0 Å².